The van der Waals surface area contributed by atoms with Crippen molar-refractivity contribution in [3.05, 3.63) is 29.8 Å². The maximum atomic E-state index is 9.17. The third-order valence-electron chi connectivity index (χ3n) is 2.82. The minimum atomic E-state index is 0.306. The van der Waals surface area contributed by atoms with Crippen molar-refractivity contribution in [1.82, 2.24) is 0 Å². The highest BCUT2D eigenvalue weighted by Crippen LogP contribution is 2.24. The normalized spacial score (nSPS) is 13.1. The highest BCUT2D eigenvalue weighted by molar-refractivity contribution is 5.27. The van der Waals surface area contributed by atoms with E-state index in [1.165, 1.54) is 5.56 Å². The van der Waals surface area contributed by atoms with Crippen LogP contribution in [0.3, 0.4) is 0 Å². The van der Waals surface area contributed by atoms with Gasteiger partial charge in [0.2, 0.25) is 0 Å². The summed E-state index contributed by atoms with van der Waals surface area (Å²) in [6, 6.07) is 7.33. The van der Waals surface area contributed by atoms with Gasteiger partial charge in [0, 0.05) is 0 Å². The van der Waals surface area contributed by atoms with E-state index in [9.17, 15) is 5.11 Å². The van der Waals surface area contributed by atoms with Gasteiger partial charge >= 0.3 is 0 Å². The second-order valence-electron chi connectivity index (χ2n) is 4.07. The van der Waals surface area contributed by atoms with Gasteiger partial charge in [0.15, 0.2) is 0 Å². The van der Waals surface area contributed by atoms with E-state index in [4.69, 9.17) is 11.5 Å². The van der Waals surface area contributed by atoms with Gasteiger partial charge in [0.25, 0.3) is 0 Å². The maximum Gasteiger partial charge on any atom is 0.115 e. The summed E-state index contributed by atoms with van der Waals surface area (Å²) >= 11 is 0. The Bertz CT molecular complexity index is 280. The van der Waals surface area contributed by atoms with Crippen LogP contribution in [0, 0.1) is 5.92 Å². The van der Waals surface area contributed by atoms with Crippen molar-refractivity contribution in [1.29, 1.82) is 0 Å². The van der Waals surface area contributed by atoms with Crippen LogP contribution in [-0.4, -0.2) is 18.2 Å². The summed E-state index contributed by atoms with van der Waals surface area (Å²) < 4.78 is 0. The highest BCUT2D eigenvalue weighted by atomic mass is 16.3. The van der Waals surface area contributed by atoms with E-state index in [1.807, 2.05) is 12.1 Å². The molecule has 15 heavy (non-hydrogen) atoms. The Morgan fingerprint density at radius 2 is 1.67 bits per heavy atom. The Labute approximate surface area is 91.1 Å². The van der Waals surface area contributed by atoms with Gasteiger partial charge in [-0.1, -0.05) is 19.1 Å². The van der Waals surface area contributed by atoms with Gasteiger partial charge in [0.1, 0.15) is 5.75 Å². The minimum absolute atomic E-state index is 0.306. The van der Waals surface area contributed by atoms with Crippen LogP contribution in [0.2, 0.25) is 0 Å². The molecule has 0 aliphatic heterocycles. The van der Waals surface area contributed by atoms with E-state index >= 15 is 0 Å². The molecule has 3 nitrogen and oxygen atoms in total. The molecule has 5 N–H and O–H groups in total. The SMILES string of the molecule is CC(CC(CN)CN)c1ccc(O)cc1. The second-order valence-corrected chi connectivity index (χ2v) is 4.07. The van der Waals surface area contributed by atoms with Crippen molar-refractivity contribution < 1.29 is 5.11 Å². The van der Waals surface area contributed by atoms with Crippen LogP contribution in [0.25, 0.3) is 0 Å². The van der Waals surface area contributed by atoms with Gasteiger partial charge in [0.05, 0.1) is 0 Å². The lowest BCUT2D eigenvalue weighted by Gasteiger charge is -2.18. The lowest BCUT2D eigenvalue weighted by atomic mass is 9.90. The van der Waals surface area contributed by atoms with Crippen molar-refractivity contribution in [3.8, 4) is 5.75 Å². The van der Waals surface area contributed by atoms with E-state index in [-0.39, 0.29) is 0 Å². The Morgan fingerprint density at radius 1 is 1.13 bits per heavy atom. The maximum absolute atomic E-state index is 9.17. The van der Waals surface area contributed by atoms with Crippen LogP contribution in [0.15, 0.2) is 24.3 Å². The molecule has 0 aliphatic rings. The Morgan fingerprint density at radius 3 is 2.13 bits per heavy atom. The Balaban J connectivity index is 2.60. The lowest BCUT2D eigenvalue weighted by Crippen LogP contribution is -2.24. The first-order chi connectivity index (χ1) is 7.17. The third kappa shape index (κ3) is 3.53. The molecule has 1 aromatic carbocycles. The molecule has 3 heteroatoms. The number of phenols is 1. The van der Waals surface area contributed by atoms with Crippen LogP contribution in [0.5, 0.6) is 5.75 Å². The first kappa shape index (κ1) is 12.0. The molecule has 0 spiro atoms. The van der Waals surface area contributed by atoms with Crippen LogP contribution in [-0.2, 0) is 0 Å². The fourth-order valence-electron chi connectivity index (χ4n) is 1.73. The highest BCUT2D eigenvalue weighted by Gasteiger charge is 2.11. The van der Waals surface area contributed by atoms with Crippen LogP contribution >= 0.6 is 0 Å². The average Bonchev–Trinajstić information content (AvgIpc) is 2.26. The predicted molar refractivity (Wildman–Crippen MR) is 62.7 cm³/mol. The van der Waals surface area contributed by atoms with Gasteiger partial charge in [-0.05, 0) is 49.0 Å². The van der Waals surface area contributed by atoms with E-state index in [0.717, 1.165) is 6.42 Å². The van der Waals surface area contributed by atoms with E-state index < -0.39 is 0 Å². The Kier molecular flexibility index (Phi) is 4.59. The number of aromatic hydroxyl groups is 1. The zero-order chi connectivity index (χ0) is 11.3. The molecule has 84 valence electrons. The van der Waals surface area contributed by atoms with Gasteiger partial charge in [-0.25, -0.2) is 0 Å². The van der Waals surface area contributed by atoms with E-state index in [2.05, 4.69) is 6.92 Å². The molecule has 0 radical (unpaired) electrons. The number of nitrogens with two attached hydrogens (primary N) is 2. The fourth-order valence-corrected chi connectivity index (χ4v) is 1.73. The predicted octanol–water partition coefficient (Wildman–Crippen LogP) is 1.42. The smallest absolute Gasteiger partial charge is 0.115 e. The summed E-state index contributed by atoms with van der Waals surface area (Å²) in [7, 11) is 0. The van der Waals surface area contributed by atoms with E-state index in [0.29, 0.717) is 30.7 Å². The quantitative estimate of drug-likeness (QED) is 0.685. The summed E-state index contributed by atoms with van der Waals surface area (Å²) in [5, 5.41) is 9.17. The van der Waals surface area contributed by atoms with Gasteiger partial charge in [-0.3, -0.25) is 0 Å². The van der Waals surface area contributed by atoms with Crippen LogP contribution in [0.1, 0.15) is 24.8 Å². The van der Waals surface area contributed by atoms with Crippen molar-refractivity contribution >= 4 is 0 Å². The Hall–Kier alpha value is -1.06. The number of benzene rings is 1. The molecule has 0 heterocycles. The standard InChI is InChI=1S/C12H20N2O/c1-9(6-10(7-13)8-14)11-2-4-12(15)5-3-11/h2-5,9-10,15H,6-8,13-14H2,1H3. The number of rotatable bonds is 5. The van der Waals surface area contributed by atoms with Crippen LogP contribution in [0.4, 0.5) is 0 Å². The van der Waals surface area contributed by atoms with Crippen molar-refractivity contribution in [2.75, 3.05) is 13.1 Å². The molecule has 0 bridgehead atoms. The van der Waals surface area contributed by atoms with Crippen molar-refractivity contribution in [2.24, 2.45) is 17.4 Å². The van der Waals surface area contributed by atoms with Gasteiger partial charge in [-0.2, -0.15) is 0 Å². The van der Waals surface area contributed by atoms with Gasteiger partial charge in [-0.15, -0.1) is 0 Å². The molecular formula is C12H20N2O. The average molecular weight is 208 g/mol. The molecule has 1 unspecified atom stereocenters. The topological polar surface area (TPSA) is 72.3 Å². The summed E-state index contributed by atoms with van der Waals surface area (Å²) in [5.74, 6) is 1.12. The number of phenolic OH excluding ortho intramolecular Hbond substituents is 1. The summed E-state index contributed by atoms with van der Waals surface area (Å²) in [6.45, 7) is 3.43. The molecule has 0 saturated heterocycles. The monoisotopic (exact) mass is 208 g/mol. The zero-order valence-corrected chi connectivity index (χ0v) is 9.19. The molecule has 0 aromatic heterocycles. The first-order valence-corrected chi connectivity index (χ1v) is 5.36. The minimum Gasteiger partial charge on any atom is -0.508 e. The number of hydrogen-bond donors (Lipinski definition) is 3. The summed E-state index contributed by atoms with van der Waals surface area (Å²) in [6.07, 6.45) is 0.998. The molecule has 1 aromatic rings. The molecule has 1 rings (SSSR count). The zero-order valence-electron chi connectivity index (χ0n) is 9.19. The molecule has 0 aliphatic carbocycles. The second kappa shape index (κ2) is 5.73. The molecule has 0 saturated carbocycles. The summed E-state index contributed by atoms with van der Waals surface area (Å²) in [5.41, 5.74) is 12.4. The molecular weight excluding hydrogens is 188 g/mol. The third-order valence-corrected chi connectivity index (χ3v) is 2.82. The van der Waals surface area contributed by atoms with Crippen molar-refractivity contribution in [3.63, 3.8) is 0 Å². The largest absolute Gasteiger partial charge is 0.508 e. The van der Waals surface area contributed by atoms with E-state index in [1.54, 1.807) is 12.1 Å². The molecule has 1 atom stereocenters. The van der Waals surface area contributed by atoms with Crippen LogP contribution < -0.4 is 11.5 Å². The summed E-state index contributed by atoms with van der Waals surface area (Å²) in [4.78, 5) is 0. The molecule has 0 fully saturated rings. The molecule has 0 amide bonds. The lowest BCUT2D eigenvalue weighted by molar-refractivity contribution is 0.462. The fraction of sp³-hybridized carbons (Fsp3) is 0.500. The van der Waals surface area contributed by atoms with Gasteiger partial charge < -0.3 is 16.6 Å². The first-order valence-electron chi connectivity index (χ1n) is 5.36. The number of hydrogen-bond acceptors (Lipinski definition) is 3. The van der Waals surface area contributed by atoms with Crippen molar-refractivity contribution in [2.45, 2.75) is 19.3 Å².